The second-order valence-corrected chi connectivity index (χ2v) is 8.68. The first-order chi connectivity index (χ1) is 14.3. The first-order valence-corrected chi connectivity index (χ1v) is 11.0. The van der Waals surface area contributed by atoms with Gasteiger partial charge < -0.3 is 10.1 Å². The van der Waals surface area contributed by atoms with Gasteiger partial charge in [0, 0.05) is 11.3 Å². The lowest BCUT2D eigenvalue weighted by Crippen LogP contribution is -2.36. The standard InChI is InChI=1S/C23H24N2O4S/c1-17-11-13-20(14-12-17)25-30(27,28)22-10-6-7-19(15-22)23(26)24-18(2)16-29-21-8-4-3-5-9-21/h3-15,18,25H,16H2,1-2H3,(H,24,26). The lowest BCUT2D eigenvalue weighted by atomic mass is 10.2. The molecule has 3 aromatic carbocycles. The fourth-order valence-corrected chi connectivity index (χ4v) is 3.83. The van der Waals surface area contributed by atoms with Gasteiger partial charge in [-0.1, -0.05) is 42.0 Å². The van der Waals surface area contributed by atoms with E-state index in [1.807, 2.05) is 56.3 Å². The molecule has 0 aliphatic heterocycles. The third-order valence-electron chi connectivity index (χ3n) is 4.33. The highest BCUT2D eigenvalue weighted by Gasteiger charge is 2.17. The number of sulfonamides is 1. The van der Waals surface area contributed by atoms with E-state index < -0.39 is 10.0 Å². The van der Waals surface area contributed by atoms with Crippen molar-refractivity contribution in [2.24, 2.45) is 0 Å². The van der Waals surface area contributed by atoms with Crippen LogP contribution in [-0.2, 0) is 10.0 Å². The zero-order valence-corrected chi connectivity index (χ0v) is 17.6. The van der Waals surface area contributed by atoms with Crippen LogP contribution in [0.5, 0.6) is 5.75 Å². The lowest BCUT2D eigenvalue weighted by Gasteiger charge is -2.15. The molecule has 0 heterocycles. The Morgan fingerprint density at radius 2 is 1.67 bits per heavy atom. The van der Waals surface area contributed by atoms with Crippen molar-refractivity contribution in [2.75, 3.05) is 11.3 Å². The van der Waals surface area contributed by atoms with Gasteiger partial charge >= 0.3 is 0 Å². The van der Waals surface area contributed by atoms with Crippen LogP contribution in [0.4, 0.5) is 5.69 Å². The van der Waals surface area contributed by atoms with Crippen LogP contribution in [0.25, 0.3) is 0 Å². The molecule has 3 aromatic rings. The minimum Gasteiger partial charge on any atom is -0.491 e. The zero-order chi connectivity index (χ0) is 21.6. The fraction of sp³-hybridized carbons (Fsp3) is 0.174. The molecule has 0 aromatic heterocycles. The van der Waals surface area contributed by atoms with Crippen LogP contribution in [0, 0.1) is 6.92 Å². The van der Waals surface area contributed by atoms with E-state index >= 15 is 0 Å². The van der Waals surface area contributed by atoms with Crippen LogP contribution in [-0.4, -0.2) is 27.0 Å². The average Bonchev–Trinajstić information content (AvgIpc) is 2.74. The minimum absolute atomic E-state index is 0.0175. The maximum atomic E-state index is 12.7. The Morgan fingerprint density at radius 1 is 0.967 bits per heavy atom. The summed E-state index contributed by atoms with van der Waals surface area (Å²) in [7, 11) is -3.81. The van der Waals surface area contributed by atoms with Crippen LogP contribution in [0.3, 0.4) is 0 Å². The van der Waals surface area contributed by atoms with Crippen molar-refractivity contribution in [1.82, 2.24) is 5.32 Å². The van der Waals surface area contributed by atoms with Crippen molar-refractivity contribution in [3.63, 3.8) is 0 Å². The molecular formula is C23H24N2O4S. The monoisotopic (exact) mass is 424 g/mol. The number of nitrogens with one attached hydrogen (secondary N) is 2. The molecule has 0 saturated carbocycles. The van der Waals surface area contributed by atoms with E-state index in [1.54, 1.807) is 24.3 Å². The second kappa shape index (κ2) is 9.45. The van der Waals surface area contributed by atoms with Gasteiger partial charge in [0.05, 0.1) is 10.9 Å². The molecule has 30 heavy (non-hydrogen) atoms. The number of ether oxygens (including phenoxy) is 1. The number of benzene rings is 3. The van der Waals surface area contributed by atoms with Crippen molar-refractivity contribution >= 4 is 21.6 Å². The molecule has 7 heteroatoms. The molecule has 1 atom stereocenters. The van der Waals surface area contributed by atoms with Crippen LogP contribution in [0.1, 0.15) is 22.8 Å². The summed E-state index contributed by atoms with van der Waals surface area (Å²) in [6.07, 6.45) is 0. The summed E-state index contributed by atoms with van der Waals surface area (Å²) in [4.78, 5) is 12.6. The summed E-state index contributed by atoms with van der Waals surface area (Å²) < 4.78 is 33.5. The van der Waals surface area contributed by atoms with E-state index in [0.29, 0.717) is 18.0 Å². The Labute approximate surface area is 177 Å². The maximum absolute atomic E-state index is 12.7. The van der Waals surface area contributed by atoms with Gasteiger partial charge in [-0.2, -0.15) is 0 Å². The molecule has 2 N–H and O–H groups in total. The molecule has 0 aliphatic carbocycles. The highest BCUT2D eigenvalue weighted by molar-refractivity contribution is 7.92. The summed E-state index contributed by atoms with van der Waals surface area (Å²) >= 11 is 0. The molecule has 156 valence electrons. The predicted octanol–water partition coefficient (Wildman–Crippen LogP) is 3.99. The van der Waals surface area contributed by atoms with Gasteiger partial charge in [-0.25, -0.2) is 8.42 Å². The molecule has 0 fully saturated rings. The van der Waals surface area contributed by atoms with Crippen molar-refractivity contribution < 1.29 is 17.9 Å². The maximum Gasteiger partial charge on any atom is 0.261 e. The van der Waals surface area contributed by atoms with E-state index in [1.165, 1.54) is 12.1 Å². The van der Waals surface area contributed by atoms with Gasteiger partial charge in [0.25, 0.3) is 15.9 Å². The molecule has 0 bridgehead atoms. The zero-order valence-electron chi connectivity index (χ0n) is 16.8. The number of para-hydroxylation sites is 1. The average molecular weight is 425 g/mol. The molecule has 3 rings (SSSR count). The number of carbonyl (C=O) groups is 1. The van der Waals surface area contributed by atoms with Gasteiger partial charge in [-0.15, -0.1) is 0 Å². The normalized spacial score (nSPS) is 12.1. The van der Waals surface area contributed by atoms with Crippen LogP contribution in [0.2, 0.25) is 0 Å². The second-order valence-electron chi connectivity index (χ2n) is 7.00. The molecule has 0 spiro atoms. The van der Waals surface area contributed by atoms with E-state index in [4.69, 9.17) is 4.74 Å². The van der Waals surface area contributed by atoms with Crippen molar-refractivity contribution in [3.05, 3.63) is 90.0 Å². The van der Waals surface area contributed by atoms with Gasteiger partial charge in [0.15, 0.2) is 0 Å². The smallest absolute Gasteiger partial charge is 0.261 e. The number of amides is 1. The molecule has 0 saturated heterocycles. The fourth-order valence-electron chi connectivity index (χ4n) is 2.73. The molecule has 1 amide bonds. The molecule has 1 unspecified atom stereocenters. The van der Waals surface area contributed by atoms with Gasteiger partial charge in [-0.3, -0.25) is 9.52 Å². The SMILES string of the molecule is Cc1ccc(NS(=O)(=O)c2cccc(C(=O)NC(C)COc3ccccc3)c2)cc1. The largest absolute Gasteiger partial charge is 0.491 e. The number of hydrogen-bond donors (Lipinski definition) is 2. The number of hydrogen-bond acceptors (Lipinski definition) is 4. The minimum atomic E-state index is -3.81. The summed E-state index contributed by atoms with van der Waals surface area (Å²) in [5.74, 6) is 0.348. The summed E-state index contributed by atoms with van der Waals surface area (Å²) in [6.45, 7) is 4.04. The van der Waals surface area contributed by atoms with E-state index in [0.717, 1.165) is 5.56 Å². The molecule has 0 radical (unpaired) electrons. The van der Waals surface area contributed by atoms with Gasteiger partial charge in [0.2, 0.25) is 0 Å². The lowest BCUT2D eigenvalue weighted by molar-refractivity contribution is 0.0926. The van der Waals surface area contributed by atoms with Crippen LogP contribution in [0.15, 0.2) is 83.8 Å². The Balaban J connectivity index is 1.64. The van der Waals surface area contributed by atoms with Crippen molar-refractivity contribution in [1.29, 1.82) is 0 Å². The van der Waals surface area contributed by atoms with Crippen LogP contribution < -0.4 is 14.8 Å². The summed E-state index contributed by atoms with van der Waals surface area (Å²) in [6, 6.07) is 22.0. The Morgan fingerprint density at radius 3 is 2.37 bits per heavy atom. The van der Waals surface area contributed by atoms with Gasteiger partial charge in [0.1, 0.15) is 12.4 Å². The molecule has 6 nitrogen and oxygen atoms in total. The van der Waals surface area contributed by atoms with E-state index in [9.17, 15) is 13.2 Å². The Kier molecular flexibility index (Phi) is 6.74. The first kappa shape index (κ1) is 21.4. The first-order valence-electron chi connectivity index (χ1n) is 9.52. The number of rotatable bonds is 8. The quantitative estimate of drug-likeness (QED) is 0.573. The van der Waals surface area contributed by atoms with Gasteiger partial charge in [-0.05, 0) is 56.3 Å². The van der Waals surface area contributed by atoms with Crippen molar-refractivity contribution in [3.8, 4) is 5.75 Å². The van der Waals surface area contributed by atoms with E-state index in [-0.39, 0.29) is 22.4 Å². The number of anilines is 1. The highest BCUT2D eigenvalue weighted by Crippen LogP contribution is 2.18. The Bertz CT molecular complexity index is 1100. The topological polar surface area (TPSA) is 84.5 Å². The van der Waals surface area contributed by atoms with E-state index in [2.05, 4.69) is 10.0 Å². The number of aryl methyl sites for hydroxylation is 1. The summed E-state index contributed by atoms with van der Waals surface area (Å²) in [5, 5.41) is 2.82. The summed E-state index contributed by atoms with van der Waals surface area (Å²) in [5.41, 5.74) is 1.75. The highest BCUT2D eigenvalue weighted by atomic mass is 32.2. The number of carbonyl (C=O) groups excluding carboxylic acids is 1. The van der Waals surface area contributed by atoms with Crippen molar-refractivity contribution in [2.45, 2.75) is 24.8 Å². The molecular weight excluding hydrogens is 400 g/mol. The Hall–Kier alpha value is -3.32. The third-order valence-corrected chi connectivity index (χ3v) is 5.71. The predicted molar refractivity (Wildman–Crippen MR) is 117 cm³/mol. The molecule has 0 aliphatic rings. The van der Waals surface area contributed by atoms with Crippen LogP contribution >= 0.6 is 0 Å². The third kappa shape index (κ3) is 5.84.